The smallest absolute Gasteiger partial charge is 0.251 e. The molecular formula is C20H33N3O3S. The van der Waals surface area contributed by atoms with E-state index in [9.17, 15) is 13.2 Å². The highest BCUT2D eigenvalue weighted by Crippen LogP contribution is 2.16. The lowest BCUT2D eigenvalue weighted by atomic mass is 9.99. The summed E-state index contributed by atoms with van der Waals surface area (Å²) in [4.78, 5) is 14.9. The van der Waals surface area contributed by atoms with Crippen molar-refractivity contribution in [3.8, 4) is 0 Å². The van der Waals surface area contributed by atoms with Crippen molar-refractivity contribution in [2.24, 2.45) is 5.92 Å². The van der Waals surface area contributed by atoms with Gasteiger partial charge in [-0.3, -0.25) is 4.79 Å². The molecule has 1 saturated heterocycles. The van der Waals surface area contributed by atoms with Crippen LogP contribution in [0.3, 0.4) is 0 Å². The number of sulfonamides is 1. The molecular weight excluding hydrogens is 362 g/mol. The monoisotopic (exact) mass is 395 g/mol. The van der Waals surface area contributed by atoms with Crippen molar-refractivity contribution < 1.29 is 13.2 Å². The molecule has 1 aromatic carbocycles. The Balaban J connectivity index is 1.71. The van der Waals surface area contributed by atoms with Crippen LogP contribution < -0.4 is 10.0 Å². The largest absolute Gasteiger partial charge is 0.352 e. The minimum atomic E-state index is -3.53. The number of nitrogens with one attached hydrogen (secondary N) is 2. The highest BCUT2D eigenvalue weighted by molar-refractivity contribution is 7.89. The molecule has 7 heteroatoms. The van der Waals surface area contributed by atoms with Crippen LogP contribution in [0.2, 0.25) is 0 Å². The summed E-state index contributed by atoms with van der Waals surface area (Å²) in [5.74, 6) is 0.686. The standard InChI is InChI=1S/C20H33N3O3S/c1-16(2)22-27(25,26)19-8-6-18(7-9-19)20(24)21-12-4-5-13-23-14-10-17(3)11-15-23/h6-9,16-17,22H,4-5,10-15H2,1-3H3,(H,21,24). The van der Waals surface area contributed by atoms with E-state index >= 15 is 0 Å². The van der Waals surface area contributed by atoms with Crippen molar-refractivity contribution in [3.05, 3.63) is 29.8 Å². The van der Waals surface area contributed by atoms with Gasteiger partial charge >= 0.3 is 0 Å². The van der Waals surface area contributed by atoms with E-state index in [1.54, 1.807) is 26.0 Å². The van der Waals surface area contributed by atoms with Crippen LogP contribution in [0.5, 0.6) is 0 Å². The third-order valence-corrected chi connectivity index (χ3v) is 6.56. The Hall–Kier alpha value is -1.44. The lowest BCUT2D eigenvalue weighted by Crippen LogP contribution is -2.34. The zero-order chi connectivity index (χ0) is 19.9. The summed E-state index contributed by atoms with van der Waals surface area (Å²) in [5.41, 5.74) is 0.475. The Kier molecular flexibility index (Phi) is 8.26. The molecule has 1 aromatic rings. The highest BCUT2D eigenvalue weighted by atomic mass is 32.2. The number of nitrogens with zero attached hydrogens (tertiary/aromatic N) is 1. The van der Waals surface area contributed by atoms with Crippen molar-refractivity contribution in [2.45, 2.75) is 57.4 Å². The first-order valence-electron chi connectivity index (χ1n) is 9.91. The number of carbonyl (C=O) groups is 1. The molecule has 1 heterocycles. The molecule has 6 nitrogen and oxygen atoms in total. The summed E-state index contributed by atoms with van der Waals surface area (Å²) in [6.07, 6.45) is 4.60. The number of benzene rings is 1. The molecule has 0 aromatic heterocycles. The average Bonchev–Trinajstić information content (AvgIpc) is 2.62. The number of rotatable bonds is 9. The van der Waals surface area contributed by atoms with Crippen LogP contribution in [0, 0.1) is 5.92 Å². The molecule has 0 atom stereocenters. The Labute approximate surface area is 163 Å². The van der Waals surface area contributed by atoms with Gasteiger partial charge < -0.3 is 10.2 Å². The van der Waals surface area contributed by atoms with Crippen molar-refractivity contribution >= 4 is 15.9 Å². The summed E-state index contributed by atoms with van der Waals surface area (Å²) in [5, 5.41) is 2.91. The SMILES string of the molecule is CC1CCN(CCCCNC(=O)c2ccc(S(=O)(=O)NC(C)C)cc2)CC1. The van der Waals surface area contributed by atoms with Gasteiger partial charge in [-0.15, -0.1) is 0 Å². The molecule has 27 heavy (non-hydrogen) atoms. The second-order valence-electron chi connectivity index (χ2n) is 7.79. The molecule has 1 amide bonds. The quantitative estimate of drug-likeness (QED) is 0.630. The normalized spacial score (nSPS) is 16.6. The first-order valence-corrected chi connectivity index (χ1v) is 11.4. The molecule has 2 N–H and O–H groups in total. The highest BCUT2D eigenvalue weighted by Gasteiger charge is 2.16. The third-order valence-electron chi connectivity index (χ3n) is 4.88. The molecule has 0 saturated carbocycles. The minimum Gasteiger partial charge on any atom is -0.352 e. The summed E-state index contributed by atoms with van der Waals surface area (Å²) in [7, 11) is -3.53. The van der Waals surface area contributed by atoms with Gasteiger partial charge in [0.2, 0.25) is 10.0 Å². The van der Waals surface area contributed by atoms with Gasteiger partial charge in [-0.1, -0.05) is 6.92 Å². The number of piperidine rings is 1. The summed E-state index contributed by atoms with van der Waals surface area (Å²) >= 11 is 0. The Morgan fingerprint density at radius 2 is 1.78 bits per heavy atom. The fourth-order valence-electron chi connectivity index (χ4n) is 3.21. The molecule has 0 aliphatic carbocycles. The van der Waals surface area contributed by atoms with E-state index in [1.165, 1.54) is 38.1 Å². The zero-order valence-corrected chi connectivity index (χ0v) is 17.5. The maximum Gasteiger partial charge on any atom is 0.251 e. The Bertz CT molecular complexity index is 694. The predicted molar refractivity (Wildman–Crippen MR) is 108 cm³/mol. The van der Waals surface area contributed by atoms with Gasteiger partial charge in [0.25, 0.3) is 5.91 Å². The van der Waals surface area contributed by atoms with Gasteiger partial charge in [0.15, 0.2) is 0 Å². The van der Waals surface area contributed by atoms with E-state index in [1.807, 2.05) is 0 Å². The molecule has 1 fully saturated rings. The number of hydrogen-bond donors (Lipinski definition) is 2. The second-order valence-corrected chi connectivity index (χ2v) is 9.50. The lowest BCUT2D eigenvalue weighted by Gasteiger charge is -2.30. The average molecular weight is 396 g/mol. The van der Waals surface area contributed by atoms with Crippen molar-refractivity contribution in [2.75, 3.05) is 26.2 Å². The van der Waals surface area contributed by atoms with Crippen LogP contribution >= 0.6 is 0 Å². The molecule has 0 spiro atoms. The lowest BCUT2D eigenvalue weighted by molar-refractivity contribution is 0.0952. The van der Waals surface area contributed by atoms with Crippen LogP contribution in [0.4, 0.5) is 0 Å². The predicted octanol–water partition coefficient (Wildman–Crippen LogP) is 2.62. The number of unbranched alkanes of at least 4 members (excludes halogenated alkanes) is 1. The van der Waals surface area contributed by atoms with Gasteiger partial charge in [-0.05, 0) is 89.3 Å². The summed E-state index contributed by atoms with van der Waals surface area (Å²) in [6.45, 7) is 9.96. The molecule has 0 bridgehead atoms. The fourth-order valence-corrected chi connectivity index (χ4v) is 4.46. The number of likely N-dealkylation sites (tertiary alicyclic amines) is 1. The number of hydrogen-bond acceptors (Lipinski definition) is 4. The van der Waals surface area contributed by atoms with Gasteiger partial charge in [0, 0.05) is 18.2 Å². The van der Waals surface area contributed by atoms with Crippen LogP contribution in [0.1, 0.15) is 56.8 Å². The first-order chi connectivity index (χ1) is 12.8. The fraction of sp³-hybridized carbons (Fsp3) is 0.650. The van der Waals surface area contributed by atoms with Crippen LogP contribution in [0.15, 0.2) is 29.2 Å². The number of amides is 1. The zero-order valence-electron chi connectivity index (χ0n) is 16.7. The maximum atomic E-state index is 12.2. The molecule has 1 aliphatic heterocycles. The summed E-state index contributed by atoms with van der Waals surface area (Å²) in [6, 6.07) is 5.87. The maximum absolute atomic E-state index is 12.2. The van der Waals surface area contributed by atoms with E-state index in [2.05, 4.69) is 21.9 Å². The van der Waals surface area contributed by atoms with E-state index < -0.39 is 10.0 Å². The third kappa shape index (κ3) is 7.24. The van der Waals surface area contributed by atoms with Crippen molar-refractivity contribution in [3.63, 3.8) is 0 Å². The number of carbonyl (C=O) groups excluding carboxylic acids is 1. The van der Waals surface area contributed by atoms with Gasteiger partial charge in [-0.2, -0.15) is 0 Å². The van der Waals surface area contributed by atoms with Gasteiger partial charge in [-0.25, -0.2) is 13.1 Å². The molecule has 0 unspecified atom stereocenters. The van der Waals surface area contributed by atoms with Crippen LogP contribution in [-0.2, 0) is 10.0 Å². The van der Waals surface area contributed by atoms with E-state index in [0.29, 0.717) is 12.1 Å². The van der Waals surface area contributed by atoms with E-state index in [-0.39, 0.29) is 16.8 Å². The molecule has 1 aliphatic rings. The van der Waals surface area contributed by atoms with Crippen molar-refractivity contribution in [1.29, 1.82) is 0 Å². The van der Waals surface area contributed by atoms with Crippen LogP contribution in [0.25, 0.3) is 0 Å². The second kappa shape index (κ2) is 10.2. The molecule has 0 radical (unpaired) electrons. The minimum absolute atomic E-state index is 0.164. The summed E-state index contributed by atoms with van der Waals surface area (Å²) < 4.78 is 26.7. The van der Waals surface area contributed by atoms with Crippen LogP contribution in [-0.4, -0.2) is 51.4 Å². The van der Waals surface area contributed by atoms with E-state index in [0.717, 1.165) is 25.3 Å². The first kappa shape index (κ1) is 21.9. The Morgan fingerprint density at radius 3 is 2.37 bits per heavy atom. The molecule has 2 rings (SSSR count). The van der Waals surface area contributed by atoms with E-state index in [4.69, 9.17) is 0 Å². The molecule has 152 valence electrons. The van der Waals surface area contributed by atoms with Gasteiger partial charge in [0.1, 0.15) is 0 Å². The Morgan fingerprint density at radius 1 is 1.15 bits per heavy atom. The topological polar surface area (TPSA) is 78.5 Å². The van der Waals surface area contributed by atoms with Crippen molar-refractivity contribution in [1.82, 2.24) is 14.9 Å². The van der Waals surface area contributed by atoms with Gasteiger partial charge in [0.05, 0.1) is 4.90 Å².